The standard InChI is InChI=1S/C15H17NO3S2/c1-21(18,19)10-15(6-7-15)9-16-14(17)13-8-11-4-2-3-5-12(11)20-13/h2-5,8H,6-7,9-10H2,1H3,(H,16,17). The summed E-state index contributed by atoms with van der Waals surface area (Å²) in [5.41, 5.74) is -0.236. The molecule has 1 aliphatic carbocycles. The van der Waals surface area contributed by atoms with E-state index < -0.39 is 9.84 Å². The fourth-order valence-corrected chi connectivity index (χ4v) is 5.04. The molecule has 112 valence electrons. The highest BCUT2D eigenvalue weighted by Crippen LogP contribution is 2.46. The fraction of sp³-hybridized carbons (Fsp3) is 0.400. The highest BCUT2D eigenvalue weighted by Gasteiger charge is 2.45. The van der Waals surface area contributed by atoms with Crippen LogP contribution in [-0.2, 0) is 9.84 Å². The smallest absolute Gasteiger partial charge is 0.261 e. The molecule has 1 aromatic carbocycles. The van der Waals surface area contributed by atoms with Crippen LogP contribution in [0.2, 0.25) is 0 Å². The van der Waals surface area contributed by atoms with Crippen LogP contribution in [-0.4, -0.2) is 32.9 Å². The summed E-state index contributed by atoms with van der Waals surface area (Å²) in [5, 5.41) is 3.95. The number of thiophene rings is 1. The summed E-state index contributed by atoms with van der Waals surface area (Å²) in [6.07, 6.45) is 2.99. The molecule has 0 bridgehead atoms. The lowest BCUT2D eigenvalue weighted by atomic mass is 10.1. The van der Waals surface area contributed by atoms with Crippen molar-refractivity contribution in [3.63, 3.8) is 0 Å². The summed E-state index contributed by atoms with van der Waals surface area (Å²) >= 11 is 1.46. The number of carbonyl (C=O) groups excluding carboxylic acids is 1. The van der Waals surface area contributed by atoms with E-state index in [4.69, 9.17) is 0 Å². The molecule has 2 aromatic rings. The first-order valence-corrected chi connectivity index (χ1v) is 9.69. The fourth-order valence-electron chi connectivity index (χ4n) is 2.55. The van der Waals surface area contributed by atoms with Crippen molar-refractivity contribution in [1.29, 1.82) is 0 Å². The van der Waals surface area contributed by atoms with Gasteiger partial charge < -0.3 is 5.32 Å². The van der Waals surface area contributed by atoms with Gasteiger partial charge in [0.1, 0.15) is 9.84 Å². The van der Waals surface area contributed by atoms with Crippen LogP contribution in [0.15, 0.2) is 30.3 Å². The van der Waals surface area contributed by atoms with Crippen LogP contribution in [0.3, 0.4) is 0 Å². The van der Waals surface area contributed by atoms with Gasteiger partial charge in [-0.25, -0.2) is 8.42 Å². The SMILES string of the molecule is CS(=O)(=O)CC1(CNC(=O)c2cc3ccccc3s2)CC1. The van der Waals surface area contributed by atoms with Crippen molar-refractivity contribution in [2.24, 2.45) is 5.41 Å². The molecule has 0 aliphatic heterocycles. The molecule has 0 spiro atoms. The Morgan fingerprint density at radius 2 is 2.05 bits per heavy atom. The third-order valence-electron chi connectivity index (χ3n) is 3.80. The average molecular weight is 323 g/mol. The minimum atomic E-state index is -3.00. The second-order valence-corrected chi connectivity index (χ2v) is 9.13. The summed E-state index contributed by atoms with van der Waals surface area (Å²) in [5.74, 6) is 0.0446. The molecule has 21 heavy (non-hydrogen) atoms. The Morgan fingerprint density at radius 3 is 2.67 bits per heavy atom. The Bertz CT molecular complexity index is 755. The van der Waals surface area contributed by atoms with E-state index in [1.807, 2.05) is 30.3 Å². The number of hydrogen-bond donors (Lipinski definition) is 1. The Hall–Kier alpha value is -1.40. The summed E-state index contributed by atoms with van der Waals surface area (Å²) < 4.78 is 23.9. The van der Waals surface area contributed by atoms with Gasteiger partial charge in [-0.1, -0.05) is 18.2 Å². The van der Waals surface area contributed by atoms with Crippen molar-refractivity contribution in [2.75, 3.05) is 18.6 Å². The molecule has 1 fully saturated rings. The zero-order chi connectivity index (χ0) is 15.1. The van der Waals surface area contributed by atoms with E-state index in [0.29, 0.717) is 11.4 Å². The maximum absolute atomic E-state index is 12.2. The molecule has 0 atom stereocenters. The first kappa shape index (κ1) is 14.5. The molecule has 4 nitrogen and oxygen atoms in total. The number of nitrogens with one attached hydrogen (secondary N) is 1. The summed E-state index contributed by atoms with van der Waals surface area (Å²) in [4.78, 5) is 12.9. The van der Waals surface area contributed by atoms with Gasteiger partial charge in [-0.05, 0) is 30.4 Å². The summed E-state index contributed by atoms with van der Waals surface area (Å²) in [7, 11) is -3.00. The molecule has 1 heterocycles. The molecule has 6 heteroatoms. The van der Waals surface area contributed by atoms with E-state index in [0.717, 1.165) is 22.9 Å². The number of rotatable bonds is 5. The highest BCUT2D eigenvalue weighted by molar-refractivity contribution is 7.90. The second kappa shape index (κ2) is 5.10. The van der Waals surface area contributed by atoms with Crippen molar-refractivity contribution in [1.82, 2.24) is 5.32 Å². The largest absolute Gasteiger partial charge is 0.351 e. The number of hydrogen-bond acceptors (Lipinski definition) is 4. The molecule has 1 aliphatic rings. The molecule has 3 rings (SSSR count). The number of amides is 1. The van der Waals surface area contributed by atoms with Gasteiger partial charge in [-0.2, -0.15) is 0 Å². The third kappa shape index (κ3) is 3.44. The van der Waals surface area contributed by atoms with Crippen LogP contribution in [0.4, 0.5) is 0 Å². The number of sulfone groups is 1. The normalized spacial score (nSPS) is 16.8. The van der Waals surface area contributed by atoms with E-state index in [1.54, 1.807) is 0 Å². The Balaban J connectivity index is 1.67. The van der Waals surface area contributed by atoms with Gasteiger partial charge in [0.05, 0.1) is 10.6 Å². The number of carbonyl (C=O) groups is 1. The summed E-state index contributed by atoms with van der Waals surface area (Å²) in [6, 6.07) is 9.75. The van der Waals surface area contributed by atoms with Crippen LogP contribution in [0, 0.1) is 5.41 Å². The molecule has 0 unspecified atom stereocenters. The van der Waals surface area contributed by atoms with Gasteiger partial charge in [-0.15, -0.1) is 11.3 Å². The van der Waals surface area contributed by atoms with E-state index in [1.165, 1.54) is 17.6 Å². The Morgan fingerprint density at radius 1 is 1.33 bits per heavy atom. The van der Waals surface area contributed by atoms with Gasteiger partial charge in [0.25, 0.3) is 5.91 Å². The zero-order valence-corrected chi connectivity index (χ0v) is 13.4. The molecule has 0 saturated heterocycles. The van der Waals surface area contributed by atoms with E-state index in [-0.39, 0.29) is 17.1 Å². The van der Waals surface area contributed by atoms with E-state index in [9.17, 15) is 13.2 Å². The van der Waals surface area contributed by atoms with Gasteiger partial charge in [0.15, 0.2) is 0 Å². The molecule has 1 saturated carbocycles. The van der Waals surface area contributed by atoms with Crippen LogP contribution in [0.1, 0.15) is 22.5 Å². The van der Waals surface area contributed by atoms with Crippen molar-refractivity contribution in [3.8, 4) is 0 Å². The van der Waals surface area contributed by atoms with Crippen LogP contribution in [0.5, 0.6) is 0 Å². The Labute approximate surface area is 128 Å². The lowest BCUT2D eigenvalue weighted by Gasteiger charge is -2.14. The zero-order valence-electron chi connectivity index (χ0n) is 11.8. The molecule has 1 amide bonds. The van der Waals surface area contributed by atoms with Crippen molar-refractivity contribution >= 4 is 37.2 Å². The van der Waals surface area contributed by atoms with Gasteiger partial charge >= 0.3 is 0 Å². The summed E-state index contributed by atoms with van der Waals surface area (Å²) in [6.45, 7) is 0.438. The van der Waals surface area contributed by atoms with Crippen LogP contribution < -0.4 is 5.32 Å². The second-order valence-electron chi connectivity index (χ2n) is 5.90. The number of benzene rings is 1. The first-order valence-electron chi connectivity index (χ1n) is 6.82. The highest BCUT2D eigenvalue weighted by atomic mass is 32.2. The lowest BCUT2D eigenvalue weighted by Crippen LogP contribution is -2.33. The minimum absolute atomic E-state index is 0.115. The Kier molecular flexibility index (Phi) is 3.53. The van der Waals surface area contributed by atoms with Gasteiger partial charge in [-0.3, -0.25) is 4.79 Å². The predicted molar refractivity (Wildman–Crippen MR) is 85.5 cm³/mol. The number of fused-ring (bicyclic) bond motifs is 1. The van der Waals surface area contributed by atoms with E-state index in [2.05, 4.69) is 5.32 Å². The van der Waals surface area contributed by atoms with Crippen LogP contribution >= 0.6 is 11.3 Å². The van der Waals surface area contributed by atoms with E-state index >= 15 is 0 Å². The maximum atomic E-state index is 12.2. The maximum Gasteiger partial charge on any atom is 0.261 e. The lowest BCUT2D eigenvalue weighted by molar-refractivity contribution is 0.0950. The minimum Gasteiger partial charge on any atom is -0.351 e. The molecular weight excluding hydrogens is 306 g/mol. The predicted octanol–water partition coefficient (Wildman–Crippen LogP) is 2.46. The van der Waals surface area contributed by atoms with Crippen molar-refractivity contribution in [2.45, 2.75) is 12.8 Å². The first-order chi connectivity index (χ1) is 9.87. The third-order valence-corrected chi connectivity index (χ3v) is 6.05. The van der Waals surface area contributed by atoms with Gasteiger partial charge in [0.2, 0.25) is 0 Å². The molecular formula is C15H17NO3S2. The van der Waals surface area contributed by atoms with Crippen LogP contribution in [0.25, 0.3) is 10.1 Å². The van der Waals surface area contributed by atoms with Gasteiger partial charge in [0, 0.05) is 22.9 Å². The molecule has 1 aromatic heterocycles. The molecule has 0 radical (unpaired) electrons. The molecule has 1 N–H and O–H groups in total. The quantitative estimate of drug-likeness (QED) is 0.919. The van der Waals surface area contributed by atoms with Crippen molar-refractivity contribution in [3.05, 3.63) is 35.2 Å². The topological polar surface area (TPSA) is 63.2 Å². The average Bonchev–Trinajstić information content (AvgIpc) is 3.01. The monoisotopic (exact) mass is 323 g/mol. The van der Waals surface area contributed by atoms with Crippen molar-refractivity contribution < 1.29 is 13.2 Å².